The molecule has 4 nitrogen and oxygen atoms in total. The lowest BCUT2D eigenvalue weighted by Gasteiger charge is -2.10. The lowest BCUT2D eigenvalue weighted by molar-refractivity contribution is -0.0480. The number of phenols is 1. The summed E-state index contributed by atoms with van der Waals surface area (Å²) in [4.78, 5) is 0. The van der Waals surface area contributed by atoms with Gasteiger partial charge >= 0.3 is 0 Å². The minimum atomic E-state index is 0.0440. The molecule has 0 amide bonds. The van der Waals surface area contributed by atoms with E-state index < -0.39 is 0 Å². The van der Waals surface area contributed by atoms with Gasteiger partial charge in [-0.25, -0.2) is 0 Å². The quantitative estimate of drug-likeness (QED) is 0.493. The molecule has 4 heteroatoms. The van der Waals surface area contributed by atoms with Crippen LogP contribution in [0.1, 0.15) is 56.1 Å². The Morgan fingerprint density at radius 2 is 1.54 bits per heavy atom. The summed E-state index contributed by atoms with van der Waals surface area (Å²) in [6.45, 7) is 2.19. The molecule has 1 aliphatic heterocycles. The molecular formula is C24H32O4. The number of rotatable bonds is 12. The number of phenolic OH excluding ortho intramolecular Hbond substituents is 1. The van der Waals surface area contributed by atoms with Gasteiger partial charge in [0.2, 0.25) is 0 Å². The van der Waals surface area contributed by atoms with Crippen molar-refractivity contribution >= 4 is 0 Å². The summed E-state index contributed by atoms with van der Waals surface area (Å²) >= 11 is 0. The van der Waals surface area contributed by atoms with E-state index in [0.717, 1.165) is 43.8 Å². The Hall–Kier alpha value is -2.04. The van der Waals surface area contributed by atoms with Gasteiger partial charge in [0, 0.05) is 6.07 Å². The highest BCUT2D eigenvalue weighted by molar-refractivity contribution is 5.39. The molecule has 1 aliphatic rings. The number of unbranched alkanes of at least 4 members (excludes halogenated alkanes) is 5. The molecule has 0 unspecified atom stereocenters. The fourth-order valence-corrected chi connectivity index (χ4v) is 3.54. The van der Waals surface area contributed by atoms with E-state index in [2.05, 4.69) is 12.1 Å². The first-order valence-electron chi connectivity index (χ1n) is 10.5. The summed E-state index contributed by atoms with van der Waals surface area (Å²) in [5, 5.41) is 9.98. The van der Waals surface area contributed by atoms with E-state index in [-0.39, 0.29) is 12.0 Å². The van der Waals surface area contributed by atoms with Crippen molar-refractivity contribution in [2.75, 3.05) is 19.8 Å². The molecule has 0 bridgehead atoms. The van der Waals surface area contributed by atoms with E-state index in [1.54, 1.807) is 6.07 Å². The maximum atomic E-state index is 9.98. The van der Waals surface area contributed by atoms with Gasteiger partial charge in [-0.3, -0.25) is 0 Å². The van der Waals surface area contributed by atoms with Crippen LogP contribution >= 0.6 is 0 Å². The van der Waals surface area contributed by atoms with Gasteiger partial charge in [0.05, 0.1) is 19.8 Å². The Balaban J connectivity index is 1.28. The van der Waals surface area contributed by atoms with Crippen molar-refractivity contribution in [2.45, 2.75) is 57.7 Å². The maximum Gasteiger partial charge on any atom is 0.157 e. The topological polar surface area (TPSA) is 47.9 Å². The Morgan fingerprint density at radius 1 is 0.821 bits per heavy atom. The third-order valence-electron chi connectivity index (χ3n) is 5.00. The van der Waals surface area contributed by atoms with Crippen LogP contribution in [0.2, 0.25) is 0 Å². The molecule has 1 saturated heterocycles. The van der Waals surface area contributed by atoms with Crippen molar-refractivity contribution in [3.8, 4) is 11.5 Å². The van der Waals surface area contributed by atoms with E-state index in [9.17, 15) is 5.11 Å². The zero-order valence-electron chi connectivity index (χ0n) is 16.6. The average Bonchev–Trinajstić information content (AvgIpc) is 3.20. The van der Waals surface area contributed by atoms with Crippen molar-refractivity contribution in [3.05, 3.63) is 59.7 Å². The van der Waals surface area contributed by atoms with Crippen LogP contribution in [0, 0.1) is 0 Å². The summed E-state index contributed by atoms with van der Waals surface area (Å²) in [5.41, 5.74) is 2.29. The first-order chi connectivity index (χ1) is 13.8. The number of ether oxygens (including phenoxy) is 3. The van der Waals surface area contributed by atoms with Gasteiger partial charge in [-0.05, 0) is 48.9 Å². The molecule has 28 heavy (non-hydrogen) atoms. The van der Waals surface area contributed by atoms with Gasteiger partial charge in [-0.15, -0.1) is 0 Å². The van der Waals surface area contributed by atoms with Crippen LogP contribution in [0.25, 0.3) is 0 Å². The fourth-order valence-electron chi connectivity index (χ4n) is 3.54. The predicted octanol–water partition coefficient (Wildman–Crippen LogP) is 5.47. The van der Waals surface area contributed by atoms with Crippen LogP contribution in [0.15, 0.2) is 48.5 Å². The van der Waals surface area contributed by atoms with Crippen LogP contribution in [0.3, 0.4) is 0 Å². The maximum absolute atomic E-state index is 9.98. The van der Waals surface area contributed by atoms with E-state index >= 15 is 0 Å². The Kier molecular flexibility index (Phi) is 8.66. The first kappa shape index (κ1) is 20.7. The molecule has 0 saturated carbocycles. The molecule has 2 aromatic rings. The highest BCUT2D eigenvalue weighted by Gasteiger charge is 2.14. The average molecular weight is 385 g/mol. The molecule has 152 valence electrons. The summed E-state index contributed by atoms with van der Waals surface area (Å²) in [7, 11) is 0. The minimum absolute atomic E-state index is 0.0440. The highest BCUT2D eigenvalue weighted by atomic mass is 16.7. The molecule has 0 spiro atoms. The zero-order chi connectivity index (χ0) is 19.4. The summed E-state index contributed by atoms with van der Waals surface area (Å²) in [5.74, 6) is 1.01. The Morgan fingerprint density at radius 3 is 2.32 bits per heavy atom. The molecule has 1 heterocycles. The molecule has 0 atom stereocenters. The molecule has 1 fully saturated rings. The van der Waals surface area contributed by atoms with Crippen LogP contribution in [-0.2, 0) is 15.9 Å². The predicted molar refractivity (Wildman–Crippen MR) is 111 cm³/mol. The second kappa shape index (κ2) is 11.7. The smallest absolute Gasteiger partial charge is 0.157 e. The van der Waals surface area contributed by atoms with E-state index in [1.165, 1.54) is 37.7 Å². The lowest BCUT2D eigenvalue weighted by atomic mass is 10.0. The monoisotopic (exact) mass is 384 g/mol. The number of aromatic hydroxyl groups is 1. The van der Waals surface area contributed by atoms with Gasteiger partial charge < -0.3 is 19.3 Å². The van der Waals surface area contributed by atoms with Crippen molar-refractivity contribution in [1.82, 2.24) is 0 Å². The summed E-state index contributed by atoms with van der Waals surface area (Å²) in [6.07, 6.45) is 8.96. The molecule has 2 aromatic carbocycles. The van der Waals surface area contributed by atoms with Crippen LogP contribution < -0.4 is 4.74 Å². The highest BCUT2D eigenvalue weighted by Crippen LogP contribution is 2.24. The van der Waals surface area contributed by atoms with Gasteiger partial charge in [0.15, 0.2) is 6.29 Å². The van der Waals surface area contributed by atoms with Gasteiger partial charge in [0.1, 0.15) is 11.5 Å². The Bertz CT molecular complexity index is 680. The Labute approximate surface area is 168 Å². The lowest BCUT2D eigenvalue weighted by Crippen LogP contribution is -2.06. The van der Waals surface area contributed by atoms with E-state index in [0.29, 0.717) is 6.61 Å². The van der Waals surface area contributed by atoms with E-state index in [4.69, 9.17) is 14.2 Å². The van der Waals surface area contributed by atoms with Gasteiger partial charge in [-0.2, -0.15) is 0 Å². The number of hydrogen-bond donors (Lipinski definition) is 1. The molecule has 3 rings (SSSR count). The summed E-state index contributed by atoms with van der Waals surface area (Å²) < 4.78 is 16.8. The second-order valence-corrected chi connectivity index (χ2v) is 7.43. The van der Waals surface area contributed by atoms with Crippen molar-refractivity contribution in [1.29, 1.82) is 0 Å². The van der Waals surface area contributed by atoms with Crippen LogP contribution in [0.4, 0.5) is 0 Å². The van der Waals surface area contributed by atoms with Gasteiger partial charge in [0.25, 0.3) is 0 Å². The van der Waals surface area contributed by atoms with Crippen LogP contribution in [0.5, 0.6) is 11.5 Å². The SMILES string of the molecule is Oc1cc(Cc2ccccc2)cc(OCCCCCCCCC2OCCO2)c1. The third kappa shape index (κ3) is 7.53. The molecule has 0 aromatic heterocycles. The zero-order valence-corrected chi connectivity index (χ0v) is 16.6. The molecular weight excluding hydrogens is 352 g/mol. The van der Waals surface area contributed by atoms with Crippen molar-refractivity contribution in [3.63, 3.8) is 0 Å². The number of benzene rings is 2. The van der Waals surface area contributed by atoms with Crippen molar-refractivity contribution < 1.29 is 19.3 Å². The second-order valence-electron chi connectivity index (χ2n) is 7.43. The summed E-state index contributed by atoms with van der Waals surface area (Å²) in [6, 6.07) is 15.8. The first-order valence-corrected chi connectivity index (χ1v) is 10.5. The van der Waals surface area contributed by atoms with Crippen molar-refractivity contribution in [2.24, 2.45) is 0 Å². The normalized spacial score (nSPS) is 14.4. The number of hydrogen-bond acceptors (Lipinski definition) is 4. The standard InChI is InChI=1S/C24H32O4/c25-22-17-21(16-20-10-6-5-7-11-20)18-23(19-22)26-13-9-4-2-1-3-8-12-24-27-14-15-28-24/h5-7,10-11,17-19,24-25H,1-4,8-9,12-16H2. The molecule has 1 N–H and O–H groups in total. The fraction of sp³-hybridized carbons (Fsp3) is 0.500. The molecule has 0 aliphatic carbocycles. The van der Waals surface area contributed by atoms with Crippen LogP contribution in [-0.4, -0.2) is 31.2 Å². The third-order valence-corrected chi connectivity index (χ3v) is 5.00. The van der Waals surface area contributed by atoms with E-state index in [1.807, 2.05) is 30.3 Å². The molecule has 0 radical (unpaired) electrons. The van der Waals surface area contributed by atoms with Gasteiger partial charge in [-0.1, -0.05) is 56.0 Å². The minimum Gasteiger partial charge on any atom is -0.508 e. The largest absolute Gasteiger partial charge is 0.508 e.